The molecular formula is C30H26O7. The monoisotopic (exact) mass is 498 g/mol. The van der Waals surface area contributed by atoms with E-state index in [1.54, 1.807) is 24.3 Å². The minimum Gasteiger partial charge on any atom is -0.496 e. The maximum Gasteiger partial charge on any atom is 0.339 e. The normalized spacial score (nSPS) is 10.5. The van der Waals surface area contributed by atoms with Gasteiger partial charge in [0.1, 0.15) is 34.1 Å². The first-order valence-corrected chi connectivity index (χ1v) is 11.5. The lowest BCUT2D eigenvalue weighted by Crippen LogP contribution is -2.02. The molecule has 0 saturated heterocycles. The van der Waals surface area contributed by atoms with E-state index in [2.05, 4.69) is 0 Å². The van der Waals surface area contributed by atoms with Crippen LogP contribution in [0.25, 0.3) is 0 Å². The van der Waals surface area contributed by atoms with Crippen LogP contribution in [-0.2, 0) is 12.8 Å². The van der Waals surface area contributed by atoms with E-state index in [9.17, 15) is 19.8 Å². The Labute approximate surface area is 214 Å². The molecule has 0 fully saturated rings. The maximum absolute atomic E-state index is 11.5. The SMILES string of the molecule is COc1ccc(Cc2ccc(Oc3ccc(Cc4ccc(OC)c(C(=O)O)c4)cc3)cc2)cc1C(=O)O. The summed E-state index contributed by atoms with van der Waals surface area (Å²) in [5.74, 6) is -0.0255. The Morgan fingerprint density at radius 2 is 0.919 bits per heavy atom. The van der Waals surface area contributed by atoms with E-state index >= 15 is 0 Å². The molecule has 0 aliphatic heterocycles. The van der Waals surface area contributed by atoms with Gasteiger partial charge in [-0.15, -0.1) is 0 Å². The van der Waals surface area contributed by atoms with E-state index in [1.807, 2.05) is 60.7 Å². The van der Waals surface area contributed by atoms with Crippen LogP contribution in [0.3, 0.4) is 0 Å². The van der Waals surface area contributed by atoms with E-state index in [1.165, 1.54) is 14.2 Å². The Bertz CT molecular complexity index is 1300. The molecule has 4 rings (SSSR count). The topological polar surface area (TPSA) is 102 Å². The molecule has 0 heterocycles. The number of hydrogen-bond acceptors (Lipinski definition) is 5. The minimum atomic E-state index is -1.03. The summed E-state index contributed by atoms with van der Waals surface area (Å²) in [4.78, 5) is 22.9. The Morgan fingerprint density at radius 1 is 0.568 bits per heavy atom. The molecule has 4 aromatic carbocycles. The molecule has 0 spiro atoms. The van der Waals surface area contributed by atoms with Crippen molar-refractivity contribution in [3.05, 3.63) is 118 Å². The highest BCUT2D eigenvalue weighted by Gasteiger charge is 2.13. The van der Waals surface area contributed by atoms with E-state index in [0.717, 1.165) is 22.3 Å². The average Bonchev–Trinajstić information content (AvgIpc) is 2.90. The van der Waals surface area contributed by atoms with Crippen molar-refractivity contribution < 1.29 is 34.0 Å². The van der Waals surface area contributed by atoms with E-state index in [0.29, 0.717) is 35.8 Å². The first kappa shape index (κ1) is 25.3. The number of carbonyl (C=O) groups is 2. The van der Waals surface area contributed by atoms with Crippen LogP contribution in [-0.4, -0.2) is 36.4 Å². The second kappa shape index (κ2) is 11.3. The zero-order valence-electron chi connectivity index (χ0n) is 20.4. The predicted octanol–water partition coefficient (Wildman–Crippen LogP) is 6.07. The second-order valence-corrected chi connectivity index (χ2v) is 8.42. The van der Waals surface area contributed by atoms with Crippen molar-refractivity contribution in [1.82, 2.24) is 0 Å². The number of carboxylic acid groups (broad SMARTS) is 2. The fourth-order valence-electron chi connectivity index (χ4n) is 4.02. The van der Waals surface area contributed by atoms with Gasteiger partial charge in [-0.3, -0.25) is 0 Å². The molecule has 37 heavy (non-hydrogen) atoms. The zero-order chi connectivity index (χ0) is 26.4. The molecule has 0 aromatic heterocycles. The molecule has 188 valence electrons. The summed E-state index contributed by atoms with van der Waals surface area (Å²) in [7, 11) is 2.90. The maximum atomic E-state index is 11.5. The van der Waals surface area contributed by atoms with Crippen LogP contribution in [0.1, 0.15) is 43.0 Å². The Hall–Kier alpha value is -4.78. The van der Waals surface area contributed by atoms with Crippen molar-refractivity contribution in [2.45, 2.75) is 12.8 Å². The summed E-state index contributed by atoms with van der Waals surface area (Å²) in [5, 5.41) is 18.8. The van der Waals surface area contributed by atoms with Gasteiger partial charge in [-0.05, 0) is 83.6 Å². The van der Waals surface area contributed by atoms with E-state index in [4.69, 9.17) is 14.2 Å². The molecule has 0 amide bonds. The number of benzene rings is 4. The summed E-state index contributed by atoms with van der Waals surface area (Å²) in [6, 6.07) is 25.5. The van der Waals surface area contributed by atoms with Crippen molar-refractivity contribution >= 4 is 11.9 Å². The van der Waals surface area contributed by atoms with Gasteiger partial charge in [0.25, 0.3) is 0 Å². The van der Waals surface area contributed by atoms with Crippen LogP contribution in [0, 0.1) is 0 Å². The van der Waals surface area contributed by atoms with Gasteiger partial charge in [-0.2, -0.15) is 0 Å². The molecule has 2 N–H and O–H groups in total. The van der Waals surface area contributed by atoms with Gasteiger partial charge >= 0.3 is 11.9 Å². The zero-order valence-corrected chi connectivity index (χ0v) is 20.4. The third-order valence-electron chi connectivity index (χ3n) is 5.89. The van der Waals surface area contributed by atoms with Crippen LogP contribution < -0.4 is 14.2 Å². The van der Waals surface area contributed by atoms with Crippen LogP contribution in [0.2, 0.25) is 0 Å². The van der Waals surface area contributed by atoms with Gasteiger partial charge in [-0.25, -0.2) is 9.59 Å². The summed E-state index contributed by atoms with van der Waals surface area (Å²) >= 11 is 0. The summed E-state index contributed by atoms with van der Waals surface area (Å²) in [6.45, 7) is 0. The fourth-order valence-corrected chi connectivity index (χ4v) is 4.02. The average molecular weight is 499 g/mol. The molecule has 0 bridgehead atoms. The number of hydrogen-bond donors (Lipinski definition) is 2. The predicted molar refractivity (Wildman–Crippen MR) is 138 cm³/mol. The van der Waals surface area contributed by atoms with Gasteiger partial charge in [0.05, 0.1) is 14.2 Å². The lowest BCUT2D eigenvalue weighted by molar-refractivity contribution is 0.0682. The van der Waals surface area contributed by atoms with Crippen molar-refractivity contribution in [2.75, 3.05) is 14.2 Å². The minimum absolute atomic E-state index is 0.137. The highest BCUT2D eigenvalue weighted by molar-refractivity contribution is 5.91. The van der Waals surface area contributed by atoms with Crippen molar-refractivity contribution in [1.29, 1.82) is 0 Å². The number of ether oxygens (including phenoxy) is 3. The number of methoxy groups -OCH3 is 2. The number of rotatable bonds is 10. The molecule has 7 nitrogen and oxygen atoms in total. The second-order valence-electron chi connectivity index (χ2n) is 8.42. The highest BCUT2D eigenvalue weighted by Crippen LogP contribution is 2.26. The van der Waals surface area contributed by atoms with Crippen molar-refractivity contribution in [3.8, 4) is 23.0 Å². The summed E-state index contributed by atoms with van der Waals surface area (Å²) in [5.41, 5.74) is 4.05. The molecule has 0 atom stereocenters. The quantitative estimate of drug-likeness (QED) is 0.273. The van der Waals surface area contributed by atoms with E-state index in [-0.39, 0.29) is 11.1 Å². The number of aromatic carboxylic acids is 2. The summed E-state index contributed by atoms with van der Waals surface area (Å²) in [6.07, 6.45) is 1.16. The number of carboxylic acids is 2. The third kappa shape index (κ3) is 6.27. The van der Waals surface area contributed by atoms with Crippen molar-refractivity contribution in [2.24, 2.45) is 0 Å². The van der Waals surface area contributed by atoms with Crippen molar-refractivity contribution in [3.63, 3.8) is 0 Å². The first-order chi connectivity index (χ1) is 17.9. The molecule has 4 aromatic rings. The Morgan fingerprint density at radius 3 is 1.24 bits per heavy atom. The lowest BCUT2D eigenvalue weighted by atomic mass is 10.0. The molecule has 0 aliphatic rings. The van der Waals surface area contributed by atoms with Gasteiger partial charge in [0, 0.05) is 0 Å². The highest BCUT2D eigenvalue weighted by atomic mass is 16.5. The molecule has 0 radical (unpaired) electrons. The van der Waals surface area contributed by atoms with Gasteiger partial charge in [-0.1, -0.05) is 36.4 Å². The van der Waals surface area contributed by atoms with Crippen LogP contribution in [0.4, 0.5) is 0 Å². The van der Waals surface area contributed by atoms with Gasteiger partial charge in [0.15, 0.2) is 0 Å². The smallest absolute Gasteiger partial charge is 0.339 e. The lowest BCUT2D eigenvalue weighted by Gasteiger charge is -2.10. The molecule has 7 heteroatoms. The standard InChI is InChI=1S/C30H26O7/c1-35-27-13-7-21(17-25(27)29(31)32)15-19-3-9-23(10-4-19)37-24-11-5-20(6-12-24)16-22-8-14-28(36-2)26(18-22)30(33)34/h3-14,17-18H,15-16H2,1-2H3,(H,31,32)(H,33,34). The summed E-state index contributed by atoms with van der Waals surface area (Å²) < 4.78 is 16.2. The third-order valence-corrected chi connectivity index (χ3v) is 5.89. The Balaban J connectivity index is 1.39. The Kier molecular flexibility index (Phi) is 7.74. The fraction of sp³-hybridized carbons (Fsp3) is 0.133. The molecule has 0 saturated carbocycles. The van der Waals surface area contributed by atoms with Gasteiger partial charge < -0.3 is 24.4 Å². The largest absolute Gasteiger partial charge is 0.496 e. The van der Waals surface area contributed by atoms with Crippen LogP contribution in [0.15, 0.2) is 84.9 Å². The first-order valence-electron chi connectivity index (χ1n) is 11.5. The molecule has 0 aliphatic carbocycles. The molecular weight excluding hydrogens is 472 g/mol. The van der Waals surface area contributed by atoms with Crippen LogP contribution >= 0.6 is 0 Å². The van der Waals surface area contributed by atoms with E-state index < -0.39 is 11.9 Å². The molecule has 0 unspecified atom stereocenters. The van der Waals surface area contributed by atoms with Crippen LogP contribution in [0.5, 0.6) is 23.0 Å². The van der Waals surface area contributed by atoms with Gasteiger partial charge in [0.2, 0.25) is 0 Å².